The molecule has 1 aliphatic heterocycles. The van der Waals surface area contributed by atoms with Gasteiger partial charge in [-0.1, -0.05) is 26.7 Å². The summed E-state index contributed by atoms with van der Waals surface area (Å²) >= 11 is 0. The van der Waals surface area contributed by atoms with Gasteiger partial charge in [0.2, 0.25) is 5.91 Å². The zero-order valence-electron chi connectivity index (χ0n) is 11.2. The van der Waals surface area contributed by atoms with Gasteiger partial charge in [0, 0.05) is 12.6 Å². The minimum atomic E-state index is 0.315. The van der Waals surface area contributed by atoms with Crippen LogP contribution in [-0.2, 0) is 4.79 Å². The highest BCUT2D eigenvalue weighted by molar-refractivity contribution is 5.78. The molecule has 2 aliphatic rings. The van der Waals surface area contributed by atoms with Gasteiger partial charge >= 0.3 is 0 Å². The van der Waals surface area contributed by atoms with Gasteiger partial charge in [0.25, 0.3) is 0 Å². The van der Waals surface area contributed by atoms with Crippen molar-refractivity contribution in [1.29, 1.82) is 0 Å². The van der Waals surface area contributed by atoms with Crippen LogP contribution in [-0.4, -0.2) is 36.5 Å². The lowest BCUT2D eigenvalue weighted by molar-refractivity contribution is -0.138. The lowest BCUT2D eigenvalue weighted by atomic mass is 9.72. The second kappa shape index (κ2) is 5.85. The first-order valence-corrected chi connectivity index (χ1v) is 7.24. The number of hydrogen-bond acceptors (Lipinski definition) is 2. The Morgan fingerprint density at radius 2 is 2.06 bits per heavy atom. The van der Waals surface area contributed by atoms with Crippen LogP contribution >= 0.6 is 0 Å². The molecule has 2 fully saturated rings. The number of hydrogen-bond donors (Lipinski definition) is 1. The predicted octanol–water partition coefficient (Wildman–Crippen LogP) is 2.02. The monoisotopic (exact) mass is 238 g/mol. The fourth-order valence-corrected chi connectivity index (χ4v) is 3.56. The fraction of sp³-hybridized carbons (Fsp3) is 0.929. The van der Waals surface area contributed by atoms with Crippen molar-refractivity contribution in [1.82, 2.24) is 10.2 Å². The van der Waals surface area contributed by atoms with Crippen LogP contribution in [0.25, 0.3) is 0 Å². The lowest BCUT2D eigenvalue weighted by Gasteiger charge is -2.47. The maximum atomic E-state index is 12.2. The van der Waals surface area contributed by atoms with E-state index in [9.17, 15) is 4.79 Å². The van der Waals surface area contributed by atoms with Gasteiger partial charge in [0.1, 0.15) is 0 Å². The molecular formula is C14H26N2O. The van der Waals surface area contributed by atoms with Crippen LogP contribution in [0.4, 0.5) is 0 Å². The largest absolute Gasteiger partial charge is 0.338 e. The van der Waals surface area contributed by atoms with E-state index < -0.39 is 0 Å². The fourth-order valence-electron chi connectivity index (χ4n) is 3.56. The van der Waals surface area contributed by atoms with Gasteiger partial charge < -0.3 is 10.2 Å². The molecule has 1 aliphatic carbocycles. The first kappa shape index (κ1) is 12.9. The molecular weight excluding hydrogens is 212 g/mol. The maximum Gasteiger partial charge on any atom is 0.236 e. The smallest absolute Gasteiger partial charge is 0.236 e. The highest BCUT2D eigenvalue weighted by atomic mass is 16.2. The summed E-state index contributed by atoms with van der Waals surface area (Å²) in [6.45, 7) is 6.80. The van der Waals surface area contributed by atoms with Crippen molar-refractivity contribution in [2.24, 2.45) is 11.8 Å². The average molecular weight is 238 g/mol. The van der Waals surface area contributed by atoms with Gasteiger partial charge in [-0.25, -0.2) is 0 Å². The molecule has 1 saturated heterocycles. The molecule has 3 atom stereocenters. The van der Waals surface area contributed by atoms with Crippen molar-refractivity contribution in [2.45, 2.75) is 52.0 Å². The molecule has 3 unspecified atom stereocenters. The Labute approximate surface area is 105 Å². The number of likely N-dealkylation sites (N-methyl/N-ethyl adjacent to an activating group) is 1. The molecule has 1 saturated carbocycles. The van der Waals surface area contributed by atoms with Crippen molar-refractivity contribution < 1.29 is 4.79 Å². The molecule has 3 nitrogen and oxygen atoms in total. The summed E-state index contributed by atoms with van der Waals surface area (Å²) in [4.78, 5) is 14.4. The van der Waals surface area contributed by atoms with E-state index in [1.807, 2.05) is 0 Å². The van der Waals surface area contributed by atoms with Crippen molar-refractivity contribution in [2.75, 3.05) is 19.6 Å². The van der Waals surface area contributed by atoms with Gasteiger partial charge in [0.15, 0.2) is 0 Å². The van der Waals surface area contributed by atoms with Crippen molar-refractivity contribution in [3.05, 3.63) is 0 Å². The lowest BCUT2D eigenvalue weighted by Crippen LogP contribution is -2.54. The summed E-state index contributed by atoms with van der Waals surface area (Å²) in [5.41, 5.74) is 0. The Bertz CT molecular complexity index is 267. The van der Waals surface area contributed by atoms with E-state index in [0.29, 0.717) is 18.5 Å². The molecule has 1 amide bonds. The Morgan fingerprint density at radius 3 is 2.82 bits per heavy atom. The standard InChI is InChI=1S/C14H26N2O/c1-3-15-10-14(17)16-9-8-11(2)12-6-4-5-7-13(12)16/h11-13,15H,3-10H2,1-2H3. The van der Waals surface area contributed by atoms with Crippen LogP contribution in [0.2, 0.25) is 0 Å². The van der Waals surface area contributed by atoms with Crippen molar-refractivity contribution in [3.63, 3.8) is 0 Å². The number of carbonyl (C=O) groups is 1. The first-order chi connectivity index (χ1) is 8.24. The van der Waals surface area contributed by atoms with Gasteiger partial charge in [-0.2, -0.15) is 0 Å². The van der Waals surface area contributed by atoms with E-state index in [1.165, 1.54) is 32.1 Å². The van der Waals surface area contributed by atoms with Crippen LogP contribution in [0.1, 0.15) is 46.0 Å². The van der Waals surface area contributed by atoms with E-state index in [1.54, 1.807) is 0 Å². The molecule has 0 aromatic heterocycles. The van der Waals surface area contributed by atoms with Gasteiger partial charge in [-0.3, -0.25) is 4.79 Å². The van der Waals surface area contributed by atoms with Crippen molar-refractivity contribution >= 4 is 5.91 Å². The van der Waals surface area contributed by atoms with Crippen LogP contribution in [0.3, 0.4) is 0 Å². The quantitative estimate of drug-likeness (QED) is 0.816. The number of nitrogens with one attached hydrogen (secondary N) is 1. The Hall–Kier alpha value is -0.570. The molecule has 0 bridgehead atoms. The number of rotatable bonds is 3. The molecule has 1 heterocycles. The molecule has 3 heteroatoms. The van der Waals surface area contributed by atoms with Gasteiger partial charge in [-0.05, 0) is 37.6 Å². The summed E-state index contributed by atoms with van der Waals surface area (Å²) in [6.07, 6.45) is 6.42. The van der Waals surface area contributed by atoms with E-state index in [4.69, 9.17) is 0 Å². The third kappa shape index (κ3) is 2.82. The molecule has 1 N–H and O–H groups in total. The minimum absolute atomic E-state index is 0.315. The molecule has 17 heavy (non-hydrogen) atoms. The second-order valence-electron chi connectivity index (χ2n) is 5.65. The van der Waals surface area contributed by atoms with E-state index in [2.05, 4.69) is 24.1 Å². The number of carbonyl (C=O) groups excluding carboxylic acids is 1. The average Bonchev–Trinajstić information content (AvgIpc) is 2.37. The highest BCUT2D eigenvalue weighted by Crippen LogP contribution is 2.38. The topological polar surface area (TPSA) is 32.3 Å². The third-order valence-electron chi connectivity index (χ3n) is 4.58. The third-order valence-corrected chi connectivity index (χ3v) is 4.58. The summed E-state index contributed by atoms with van der Waals surface area (Å²) in [7, 11) is 0. The van der Waals surface area contributed by atoms with Crippen LogP contribution < -0.4 is 5.32 Å². The SMILES string of the molecule is CCNCC(=O)N1CCC(C)C2CCCCC21. The molecule has 0 radical (unpaired) electrons. The second-order valence-corrected chi connectivity index (χ2v) is 5.65. The molecule has 0 spiro atoms. The van der Waals surface area contributed by atoms with Crippen LogP contribution in [0.15, 0.2) is 0 Å². The Kier molecular flexibility index (Phi) is 4.43. The summed E-state index contributed by atoms with van der Waals surface area (Å²) < 4.78 is 0. The van der Waals surface area contributed by atoms with Crippen molar-refractivity contribution in [3.8, 4) is 0 Å². The molecule has 0 aromatic rings. The summed E-state index contributed by atoms with van der Waals surface area (Å²) in [5.74, 6) is 1.89. The number of amides is 1. The maximum absolute atomic E-state index is 12.2. The number of nitrogens with zero attached hydrogens (tertiary/aromatic N) is 1. The van der Waals surface area contributed by atoms with Crippen LogP contribution in [0, 0.1) is 11.8 Å². The normalized spacial score (nSPS) is 33.3. The Morgan fingerprint density at radius 1 is 1.29 bits per heavy atom. The first-order valence-electron chi connectivity index (χ1n) is 7.24. The van der Waals surface area contributed by atoms with Crippen LogP contribution in [0.5, 0.6) is 0 Å². The zero-order chi connectivity index (χ0) is 12.3. The summed E-state index contributed by atoms with van der Waals surface area (Å²) in [6, 6.07) is 0.540. The Balaban J connectivity index is 1.99. The zero-order valence-corrected chi connectivity index (χ0v) is 11.2. The van der Waals surface area contributed by atoms with E-state index >= 15 is 0 Å². The minimum Gasteiger partial charge on any atom is -0.338 e. The highest BCUT2D eigenvalue weighted by Gasteiger charge is 2.38. The van der Waals surface area contributed by atoms with E-state index in [-0.39, 0.29) is 0 Å². The molecule has 98 valence electrons. The van der Waals surface area contributed by atoms with Gasteiger partial charge in [-0.15, -0.1) is 0 Å². The van der Waals surface area contributed by atoms with E-state index in [0.717, 1.165) is 24.9 Å². The summed E-state index contributed by atoms with van der Waals surface area (Å²) in [5, 5.41) is 3.16. The number of fused-ring (bicyclic) bond motifs is 1. The predicted molar refractivity (Wildman–Crippen MR) is 69.8 cm³/mol. The number of piperidine rings is 1. The molecule has 2 rings (SSSR count). The molecule has 0 aromatic carbocycles. The van der Waals surface area contributed by atoms with Gasteiger partial charge in [0.05, 0.1) is 6.54 Å². The number of likely N-dealkylation sites (tertiary alicyclic amines) is 1.